The van der Waals surface area contributed by atoms with Crippen LogP contribution in [0.25, 0.3) is 11.5 Å². The van der Waals surface area contributed by atoms with Crippen LogP contribution in [0.1, 0.15) is 11.9 Å². The Labute approximate surface area is 141 Å². The van der Waals surface area contributed by atoms with Gasteiger partial charge in [0.1, 0.15) is 12.4 Å². The summed E-state index contributed by atoms with van der Waals surface area (Å²) in [4.78, 5) is 6.76. The van der Waals surface area contributed by atoms with Gasteiger partial charge in [-0.3, -0.25) is 4.90 Å². The SMILES string of the molecule is C=CCOc1ccc(-c2nc(C3CNCCN3C)no2)cc1.Cl. The third-order valence-corrected chi connectivity index (χ3v) is 3.72. The normalized spacial score (nSPS) is 18.2. The second-order valence-electron chi connectivity index (χ2n) is 5.28. The molecule has 0 radical (unpaired) electrons. The molecule has 1 atom stereocenters. The van der Waals surface area contributed by atoms with Gasteiger partial charge >= 0.3 is 0 Å². The smallest absolute Gasteiger partial charge is 0.257 e. The van der Waals surface area contributed by atoms with Crippen molar-refractivity contribution in [3.63, 3.8) is 0 Å². The summed E-state index contributed by atoms with van der Waals surface area (Å²) in [6.07, 6.45) is 1.72. The Bertz CT molecular complexity index is 629. The van der Waals surface area contributed by atoms with Crippen LogP contribution in [0.15, 0.2) is 41.4 Å². The van der Waals surface area contributed by atoms with Crippen molar-refractivity contribution in [3.8, 4) is 17.2 Å². The largest absolute Gasteiger partial charge is 0.490 e. The maximum atomic E-state index is 5.46. The van der Waals surface area contributed by atoms with Crippen molar-refractivity contribution in [2.24, 2.45) is 0 Å². The van der Waals surface area contributed by atoms with Crippen molar-refractivity contribution >= 4 is 12.4 Å². The van der Waals surface area contributed by atoms with E-state index in [4.69, 9.17) is 9.26 Å². The van der Waals surface area contributed by atoms with Crippen molar-refractivity contribution in [2.75, 3.05) is 33.3 Å². The van der Waals surface area contributed by atoms with Crippen LogP contribution >= 0.6 is 12.4 Å². The molecule has 1 aliphatic heterocycles. The lowest BCUT2D eigenvalue weighted by Gasteiger charge is -2.30. The summed E-state index contributed by atoms with van der Waals surface area (Å²) in [7, 11) is 2.08. The van der Waals surface area contributed by atoms with E-state index in [1.807, 2.05) is 24.3 Å². The maximum Gasteiger partial charge on any atom is 0.257 e. The molecule has 23 heavy (non-hydrogen) atoms. The van der Waals surface area contributed by atoms with Gasteiger partial charge in [-0.1, -0.05) is 17.8 Å². The van der Waals surface area contributed by atoms with E-state index in [0.29, 0.717) is 12.5 Å². The predicted molar refractivity (Wildman–Crippen MR) is 90.9 cm³/mol. The molecule has 0 bridgehead atoms. The minimum absolute atomic E-state index is 0. The molecule has 0 spiro atoms. The van der Waals surface area contributed by atoms with Gasteiger partial charge in [-0.2, -0.15) is 4.98 Å². The first-order valence-electron chi connectivity index (χ1n) is 7.36. The molecule has 1 fully saturated rings. The van der Waals surface area contributed by atoms with Crippen LogP contribution in [0.2, 0.25) is 0 Å². The standard InChI is InChI=1S/C16H20N4O2.ClH/c1-3-10-21-13-6-4-12(5-7-13)16-18-15(19-22-16)14-11-17-8-9-20(14)2;/h3-7,14,17H,1,8-11H2,2H3;1H. The van der Waals surface area contributed by atoms with Crippen LogP contribution in [0.3, 0.4) is 0 Å². The molecule has 3 rings (SSSR count). The number of nitrogens with one attached hydrogen (secondary N) is 1. The Morgan fingerprint density at radius 2 is 2.22 bits per heavy atom. The Morgan fingerprint density at radius 1 is 1.43 bits per heavy atom. The number of piperazine rings is 1. The van der Waals surface area contributed by atoms with Gasteiger partial charge in [-0.25, -0.2) is 0 Å². The average Bonchev–Trinajstić information content (AvgIpc) is 3.03. The average molecular weight is 337 g/mol. The van der Waals surface area contributed by atoms with Crippen molar-refractivity contribution in [2.45, 2.75) is 6.04 Å². The van der Waals surface area contributed by atoms with Gasteiger partial charge in [0, 0.05) is 25.2 Å². The van der Waals surface area contributed by atoms with Gasteiger partial charge in [-0.15, -0.1) is 12.4 Å². The van der Waals surface area contributed by atoms with E-state index in [-0.39, 0.29) is 18.4 Å². The monoisotopic (exact) mass is 336 g/mol. The van der Waals surface area contributed by atoms with E-state index in [1.165, 1.54) is 0 Å². The maximum absolute atomic E-state index is 5.46. The third kappa shape index (κ3) is 4.10. The van der Waals surface area contributed by atoms with E-state index >= 15 is 0 Å². The number of rotatable bonds is 5. The van der Waals surface area contributed by atoms with E-state index in [1.54, 1.807) is 6.08 Å². The van der Waals surface area contributed by atoms with E-state index in [2.05, 4.69) is 34.0 Å². The molecule has 0 amide bonds. The fraction of sp³-hybridized carbons (Fsp3) is 0.375. The number of benzene rings is 1. The van der Waals surface area contributed by atoms with Crippen LogP contribution in [0, 0.1) is 0 Å². The van der Waals surface area contributed by atoms with Gasteiger partial charge in [0.25, 0.3) is 5.89 Å². The molecular formula is C16H21ClN4O2. The lowest BCUT2D eigenvalue weighted by molar-refractivity contribution is 0.190. The Balaban J connectivity index is 0.00000192. The highest BCUT2D eigenvalue weighted by molar-refractivity contribution is 5.85. The van der Waals surface area contributed by atoms with Gasteiger partial charge in [0.2, 0.25) is 0 Å². The fourth-order valence-electron chi connectivity index (χ4n) is 2.43. The van der Waals surface area contributed by atoms with Crippen LogP contribution < -0.4 is 10.1 Å². The minimum atomic E-state index is 0. The van der Waals surface area contributed by atoms with Gasteiger partial charge in [0.05, 0.1) is 6.04 Å². The highest BCUT2D eigenvalue weighted by Gasteiger charge is 2.25. The first-order valence-corrected chi connectivity index (χ1v) is 7.36. The topological polar surface area (TPSA) is 63.4 Å². The van der Waals surface area contributed by atoms with Crippen molar-refractivity contribution < 1.29 is 9.26 Å². The molecule has 1 aliphatic rings. The molecule has 1 N–H and O–H groups in total. The minimum Gasteiger partial charge on any atom is -0.490 e. The molecule has 1 aromatic carbocycles. The van der Waals surface area contributed by atoms with Gasteiger partial charge in [0.15, 0.2) is 5.82 Å². The number of hydrogen-bond donors (Lipinski definition) is 1. The molecule has 2 heterocycles. The Morgan fingerprint density at radius 3 is 2.91 bits per heavy atom. The second-order valence-corrected chi connectivity index (χ2v) is 5.28. The third-order valence-electron chi connectivity index (χ3n) is 3.72. The van der Waals surface area contributed by atoms with Crippen LogP contribution in [0.4, 0.5) is 0 Å². The fourth-order valence-corrected chi connectivity index (χ4v) is 2.43. The van der Waals surface area contributed by atoms with Crippen molar-refractivity contribution in [1.82, 2.24) is 20.4 Å². The molecule has 2 aromatic rings. The highest BCUT2D eigenvalue weighted by Crippen LogP contribution is 2.24. The molecule has 124 valence electrons. The number of ether oxygens (including phenoxy) is 1. The van der Waals surface area contributed by atoms with Crippen LogP contribution in [0.5, 0.6) is 5.75 Å². The number of halogens is 1. The van der Waals surface area contributed by atoms with Gasteiger partial charge in [-0.05, 0) is 31.3 Å². The number of hydrogen-bond acceptors (Lipinski definition) is 6. The lowest BCUT2D eigenvalue weighted by Crippen LogP contribution is -2.44. The summed E-state index contributed by atoms with van der Waals surface area (Å²) in [5, 5.41) is 7.48. The number of aromatic nitrogens is 2. The first kappa shape index (κ1) is 17.5. The molecular weight excluding hydrogens is 316 g/mol. The second kappa shape index (κ2) is 8.10. The number of nitrogens with zero attached hydrogens (tertiary/aromatic N) is 3. The van der Waals surface area contributed by atoms with Crippen LogP contribution in [-0.4, -0.2) is 48.3 Å². The molecule has 0 aliphatic carbocycles. The molecule has 1 aromatic heterocycles. The van der Waals surface area contributed by atoms with E-state index in [0.717, 1.165) is 36.8 Å². The van der Waals surface area contributed by atoms with Crippen molar-refractivity contribution in [3.05, 3.63) is 42.7 Å². The molecule has 1 saturated heterocycles. The summed E-state index contributed by atoms with van der Waals surface area (Å²) in [6, 6.07) is 7.76. The summed E-state index contributed by atoms with van der Waals surface area (Å²) in [5.74, 6) is 2.04. The zero-order valence-electron chi connectivity index (χ0n) is 13.1. The Hall–Kier alpha value is -1.89. The summed E-state index contributed by atoms with van der Waals surface area (Å²) >= 11 is 0. The molecule has 0 saturated carbocycles. The predicted octanol–water partition coefficient (Wildman–Crippen LogP) is 2.30. The zero-order valence-corrected chi connectivity index (χ0v) is 13.9. The molecule has 1 unspecified atom stereocenters. The highest BCUT2D eigenvalue weighted by atomic mass is 35.5. The molecule has 7 heteroatoms. The van der Waals surface area contributed by atoms with Crippen molar-refractivity contribution in [1.29, 1.82) is 0 Å². The van der Waals surface area contributed by atoms with Crippen LogP contribution in [-0.2, 0) is 0 Å². The summed E-state index contributed by atoms with van der Waals surface area (Å²) in [6.45, 7) is 6.92. The van der Waals surface area contributed by atoms with Gasteiger partial charge < -0.3 is 14.6 Å². The summed E-state index contributed by atoms with van der Waals surface area (Å²) in [5.41, 5.74) is 0.885. The Kier molecular flexibility index (Phi) is 6.15. The number of likely N-dealkylation sites (N-methyl/N-ethyl adjacent to an activating group) is 1. The van der Waals surface area contributed by atoms with E-state index < -0.39 is 0 Å². The quantitative estimate of drug-likeness (QED) is 0.845. The van der Waals surface area contributed by atoms with E-state index in [9.17, 15) is 0 Å². The lowest BCUT2D eigenvalue weighted by atomic mass is 10.2. The summed E-state index contributed by atoms with van der Waals surface area (Å²) < 4.78 is 10.9. The zero-order chi connectivity index (χ0) is 15.4. The first-order chi connectivity index (χ1) is 10.8. The molecule has 6 nitrogen and oxygen atoms in total.